The Bertz CT molecular complexity index is 1270. The summed E-state index contributed by atoms with van der Waals surface area (Å²) in [5, 5.41) is 2.89. The SMILES string of the molecule is Cc1sc2ncnc(SCc3nc4sc5c(c4c(=O)[nH]3)CC[C@H](C)C5)c2c1C. The van der Waals surface area contributed by atoms with Crippen molar-refractivity contribution in [2.45, 2.75) is 50.8 Å². The molecule has 5 rings (SSSR count). The van der Waals surface area contributed by atoms with Gasteiger partial charge in [-0.25, -0.2) is 15.0 Å². The molecule has 5 nitrogen and oxygen atoms in total. The Morgan fingerprint density at radius 1 is 1.21 bits per heavy atom. The van der Waals surface area contributed by atoms with Crippen molar-refractivity contribution in [1.29, 1.82) is 0 Å². The van der Waals surface area contributed by atoms with Crippen LogP contribution in [0.5, 0.6) is 0 Å². The average molecular weight is 429 g/mol. The first-order valence-corrected chi connectivity index (χ1v) is 12.0. The average Bonchev–Trinajstić information content (AvgIpc) is 3.17. The van der Waals surface area contributed by atoms with Gasteiger partial charge in [-0.1, -0.05) is 18.7 Å². The zero-order valence-corrected chi connectivity index (χ0v) is 18.4. The quantitative estimate of drug-likeness (QED) is 0.366. The number of hydrogen-bond donors (Lipinski definition) is 1. The maximum absolute atomic E-state index is 12.8. The summed E-state index contributed by atoms with van der Waals surface area (Å²) in [5.74, 6) is 1.99. The number of thioether (sulfide) groups is 1. The summed E-state index contributed by atoms with van der Waals surface area (Å²) in [7, 11) is 0. The first kappa shape index (κ1) is 18.3. The van der Waals surface area contributed by atoms with E-state index in [4.69, 9.17) is 4.98 Å². The molecule has 0 amide bonds. The summed E-state index contributed by atoms with van der Waals surface area (Å²) in [6, 6.07) is 0. The van der Waals surface area contributed by atoms with Gasteiger partial charge in [0, 0.05) is 15.1 Å². The lowest BCUT2D eigenvalue weighted by atomic mass is 9.89. The maximum Gasteiger partial charge on any atom is 0.259 e. The first-order chi connectivity index (χ1) is 13.5. The van der Waals surface area contributed by atoms with Crippen LogP contribution in [-0.4, -0.2) is 19.9 Å². The lowest BCUT2D eigenvalue weighted by Crippen LogP contribution is -2.14. The number of hydrogen-bond acceptors (Lipinski definition) is 7. The highest BCUT2D eigenvalue weighted by Crippen LogP contribution is 2.37. The number of nitrogens with zero attached hydrogens (tertiary/aromatic N) is 3. The molecule has 8 heteroatoms. The van der Waals surface area contributed by atoms with Crippen molar-refractivity contribution >= 4 is 54.9 Å². The second kappa shape index (κ2) is 6.93. The molecule has 4 aromatic rings. The number of fused-ring (bicyclic) bond motifs is 4. The van der Waals surface area contributed by atoms with Crippen molar-refractivity contribution in [2.75, 3.05) is 0 Å². The minimum atomic E-state index is 0.00282. The van der Waals surface area contributed by atoms with E-state index >= 15 is 0 Å². The first-order valence-electron chi connectivity index (χ1n) is 9.38. The van der Waals surface area contributed by atoms with Gasteiger partial charge in [0.15, 0.2) is 0 Å². The smallest absolute Gasteiger partial charge is 0.259 e. The third-order valence-corrected chi connectivity index (χ3v) is 8.75. The molecule has 144 valence electrons. The molecule has 0 bridgehead atoms. The predicted molar refractivity (Wildman–Crippen MR) is 118 cm³/mol. The van der Waals surface area contributed by atoms with Crippen molar-refractivity contribution in [3.63, 3.8) is 0 Å². The van der Waals surface area contributed by atoms with Crippen molar-refractivity contribution in [1.82, 2.24) is 19.9 Å². The van der Waals surface area contributed by atoms with Crippen LogP contribution in [0.4, 0.5) is 0 Å². The zero-order valence-electron chi connectivity index (χ0n) is 16.0. The van der Waals surface area contributed by atoms with Crippen LogP contribution in [0.2, 0.25) is 0 Å². The molecular weight excluding hydrogens is 408 g/mol. The molecule has 0 radical (unpaired) electrons. The Morgan fingerprint density at radius 3 is 2.93 bits per heavy atom. The molecule has 1 aliphatic carbocycles. The van der Waals surface area contributed by atoms with Gasteiger partial charge in [0.1, 0.15) is 26.8 Å². The largest absolute Gasteiger partial charge is 0.309 e. The third kappa shape index (κ3) is 2.98. The van der Waals surface area contributed by atoms with Gasteiger partial charge in [-0.15, -0.1) is 22.7 Å². The monoisotopic (exact) mass is 428 g/mol. The highest BCUT2D eigenvalue weighted by Gasteiger charge is 2.23. The fourth-order valence-electron chi connectivity index (χ4n) is 3.86. The van der Waals surface area contributed by atoms with E-state index in [0.29, 0.717) is 17.5 Å². The lowest BCUT2D eigenvalue weighted by molar-refractivity contribution is 0.509. The minimum absolute atomic E-state index is 0.00282. The summed E-state index contributed by atoms with van der Waals surface area (Å²) < 4.78 is 0. The molecule has 4 aromatic heterocycles. The van der Waals surface area contributed by atoms with Gasteiger partial charge in [0.05, 0.1) is 11.1 Å². The molecule has 28 heavy (non-hydrogen) atoms. The fourth-order valence-corrected chi connectivity index (χ4v) is 7.25. The molecule has 0 unspecified atom stereocenters. The van der Waals surface area contributed by atoms with Crippen molar-refractivity contribution < 1.29 is 0 Å². The van der Waals surface area contributed by atoms with E-state index in [-0.39, 0.29) is 5.56 Å². The number of aryl methyl sites for hydroxylation is 3. The molecule has 4 heterocycles. The van der Waals surface area contributed by atoms with Crippen molar-refractivity contribution in [3.8, 4) is 0 Å². The second-order valence-corrected chi connectivity index (χ2v) is 10.7. The Morgan fingerprint density at radius 2 is 2.07 bits per heavy atom. The van der Waals surface area contributed by atoms with Crippen LogP contribution < -0.4 is 5.56 Å². The Hall–Kier alpha value is -1.77. The molecule has 0 aromatic carbocycles. The van der Waals surface area contributed by atoms with Gasteiger partial charge in [0.2, 0.25) is 0 Å². The molecule has 0 saturated heterocycles. The highest BCUT2D eigenvalue weighted by molar-refractivity contribution is 7.98. The molecule has 0 saturated carbocycles. The summed E-state index contributed by atoms with van der Waals surface area (Å²) in [4.78, 5) is 34.0. The van der Waals surface area contributed by atoms with Crippen LogP contribution in [0.15, 0.2) is 16.1 Å². The Kier molecular flexibility index (Phi) is 4.52. The Balaban J connectivity index is 1.49. The van der Waals surface area contributed by atoms with Gasteiger partial charge in [-0.2, -0.15) is 0 Å². The highest BCUT2D eigenvalue weighted by atomic mass is 32.2. The van der Waals surface area contributed by atoms with Crippen LogP contribution >= 0.6 is 34.4 Å². The van der Waals surface area contributed by atoms with Gasteiger partial charge < -0.3 is 4.98 Å². The van der Waals surface area contributed by atoms with Gasteiger partial charge in [-0.05, 0) is 50.2 Å². The fraction of sp³-hybridized carbons (Fsp3) is 0.400. The van der Waals surface area contributed by atoms with E-state index in [1.165, 1.54) is 20.9 Å². The van der Waals surface area contributed by atoms with E-state index in [9.17, 15) is 4.79 Å². The van der Waals surface area contributed by atoms with Crippen LogP contribution in [-0.2, 0) is 18.6 Å². The zero-order chi connectivity index (χ0) is 19.4. The van der Waals surface area contributed by atoms with E-state index in [1.807, 2.05) is 0 Å². The van der Waals surface area contributed by atoms with E-state index in [1.54, 1.807) is 40.8 Å². The van der Waals surface area contributed by atoms with Gasteiger partial charge in [-0.3, -0.25) is 4.79 Å². The van der Waals surface area contributed by atoms with Gasteiger partial charge in [0.25, 0.3) is 5.56 Å². The number of nitrogens with one attached hydrogen (secondary N) is 1. The van der Waals surface area contributed by atoms with Crippen molar-refractivity contribution in [3.05, 3.63) is 43.4 Å². The van der Waals surface area contributed by atoms with Crippen LogP contribution in [0.3, 0.4) is 0 Å². The molecule has 0 spiro atoms. The summed E-state index contributed by atoms with van der Waals surface area (Å²) in [5.41, 5.74) is 2.47. The van der Waals surface area contributed by atoms with E-state index < -0.39 is 0 Å². The van der Waals surface area contributed by atoms with Crippen LogP contribution in [0.25, 0.3) is 20.4 Å². The molecule has 1 N–H and O–H groups in total. The van der Waals surface area contributed by atoms with E-state index in [2.05, 4.69) is 35.7 Å². The number of rotatable bonds is 3. The lowest BCUT2D eigenvalue weighted by Gasteiger charge is -2.17. The molecule has 1 aliphatic rings. The number of thiophene rings is 2. The predicted octanol–water partition coefficient (Wildman–Crippen LogP) is 5.02. The summed E-state index contributed by atoms with van der Waals surface area (Å²) >= 11 is 5.01. The standard InChI is InChI=1S/C20H20N4OS3/c1-9-4-5-12-13(6-9)28-20-16(12)17(25)23-14(24-20)7-26-18-15-10(2)11(3)27-19(15)22-8-21-18/h8-9H,4-7H2,1-3H3,(H,23,24,25)/t9-/m0/s1. The third-order valence-electron chi connectivity index (χ3n) is 5.49. The number of aromatic nitrogens is 4. The van der Waals surface area contributed by atoms with E-state index in [0.717, 1.165) is 44.7 Å². The number of H-pyrrole nitrogens is 1. The normalized spacial score (nSPS) is 16.8. The Labute approximate surface area is 174 Å². The summed E-state index contributed by atoms with van der Waals surface area (Å²) in [6.45, 7) is 6.51. The van der Waals surface area contributed by atoms with Gasteiger partial charge >= 0.3 is 0 Å². The number of aromatic amines is 1. The topological polar surface area (TPSA) is 71.5 Å². The van der Waals surface area contributed by atoms with Crippen LogP contribution in [0, 0.1) is 19.8 Å². The van der Waals surface area contributed by atoms with Crippen molar-refractivity contribution in [2.24, 2.45) is 5.92 Å². The molecule has 1 atom stereocenters. The maximum atomic E-state index is 12.8. The minimum Gasteiger partial charge on any atom is -0.309 e. The summed E-state index contributed by atoms with van der Waals surface area (Å²) in [6.07, 6.45) is 4.83. The molecular formula is C20H20N4OS3. The second-order valence-electron chi connectivity index (χ2n) is 7.48. The van der Waals surface area contributed by atoms with Crippen LogP contribution in [0.1, 0.15) is 40.1 Å². The molecule has 0 fully saturated rings. The molecule has 0 aliphatic heterocycles.